The fraction of sp³-hybridized carbons (Fsp3) is 0.333. The first-order valence-electron chi connectivity index (χ1n) is 11.2. The number of methoxy groups -OCH3 is 1. The van der Waals surface area contributed by atoms with Gasteiger partial charge in [0.15, 0.2) is 11.0 Å². The maximum atomic E-state index is 12.5. The molecule has 0 fully saturated rings. The van der Waals surface area contributed by atoms with E-state index < -0.39 is 4.92 Å². The number of anilines is 1. The van der Waals surface area contributed by atoms with E-state index in [1.165, 1.54) is 23.9 Å². The predicted octanol–water partition coefficient (Wildman–Crippen LogP) is 3.67. The van der Waals surface area contributed by atoms with Gasteiger partial charge in [-0.15, -0.1) is 10.2 Å². The maximum Gasteiger partial charge on any atom is 0.271 e. The Balaban J connectivity index is 1.59. The van der Waals surface area contributed by atoms with E-state index >= 15 is 0 Å². The van der Waals surface area contributed by atoms with Crippen LogP contribution in [-0.4, -0.2) is 44.4 Å². The molecule has 0 aliphatic rings. The van der Waals surface area contributed by atoms with Crippen molar-refractivity contribution in [3.8, 4) is 5.75 Å². The van der Waals surface area contributed by atoms with Crippen LogP contribution < -0.4 is 15.4 Å². The zero-order valence-corrected chi connectivity index (χ0v) is 21.3. The van der Waals surface area contributed by atoms with Gasteiger partial charge in [0.2, 0.25) is 11.8 Å². The van der Waals surface area contributed by atoms with Crippen molar-refractivity contribution in [3.05, 3.63) is 69.5 Å². The zero-order valence-electron chi connectivity index (χ0n) is 20.5. The number of hydrogen-bond donors (Lipinski definition) is 2. The number of hydrogen-bond acceptors (Lipinski definition) is 8. The smallest absolute Gasteiger partial charge is 0.271 e. The number of nitrogens with one attached hydrogen (secondary N) is 2. The molecule has 2 aromatic carbocycles. The van der Waals surface area contributed by atoms with Gasteiger partial charge < -0.3 is 19.9 Å². The first-order valence-corrected chi connectivity index (χ1v) is 12.2. The third-order valence-corrected chi connectivity index (χ3v) is 6.36. The average Bonchev–Trinajstić information content (AvgIpc) is 3.27. The fourth-order valence-electron chi connectivity index (χ4n) is 3.48. The molecule has 190 valence electrons. The van der Waals surface area contributed by atoms with E-state index in [0.29, 0.717) is 23.2 Å². The van der Waals surface area contributed by atoms with Crippen LogP contribution in [0.4, 0.5) is 11.4 Å². The second-order valence-corrected chi connectivity index (χ2v) is 8.93. The second kappa shape index (κ2) is 12.2. The number of nitrogens with zero attached hydrogens (tertiary/aromatic N) is 4. The third-order valence-electron chi connectivity index (χ3n) is 5.39. The van der Waals surface area contributed by atoms with Gasteiger partial charge in [0.05, 0.1) is 35.9 Å². The van der Waals surface area contributed by atoms with Gasteiger partial charge in [0.25, 0.3) is 5.69 Å². The maximum absolute atomic E-state index is 12.5. The molecule has 2 N–H and O–H groups in total. The first kappa shape index (κ1) is 26.7. The van der Waals surface area contributed by atoms with Gasteiger partial charge in [0, 0.05) is 18.7 Å². The molecule has 11 nitrogen and oxygen atoms in total. The summed E-state index contributed by atoms with van der Waals surface area (Å²) in [5.74, 6) is 0.870. The summed E-state index contributed by atoms with van der Waals surface area (Å²) < 4.78 is 6.98. The lowest BCUT2D eigenvalue weighted by Gasteiger charge is -2.15. The molecule has 0 aliphatic carbocycles. The number of carbonyl (C=O) groups excluding carboxylic acids is 2. The van der Waals surface area contributed by atoms with Crippen LogP contribution in [-0.2, 0) is 22.6 Å². The molecule has 3 rings (SSSR count). The molecule has 12 heteroatoms. The zero-order chi connectivity index (χ0) is 26.2. The van der Waals surface area contributed by atoms with E-state index in [2.05, 4.69) is 20.8 Å². The van der Waals surface area contributed by atoms with Crippen molar-refractivity contribution >= 4 is 35.0 Å². The third kappa shape index (κ3) is 6.81. The van der Waals surface area contributed by atoms with E-state index in [1.54, 1.807) is 32.2 Å². The summed E-state index contributed by atoms with van der Waals surface area (Å²) in [6, 6.07) is 11.2. The number of ether oxygens (including phenoxy) is 1. The van der Waals surface area contributed by atoms with Crippen molar-refractivity contribution in [3.63, 3.8) is 0 Å². The number of rotatable bonds is 11. The Morgan fingerprint density at radius 3 is 2.53 bits per heavy atom. The van der Waals surface area contributed by atoms with Crippen molar-refractivity contribution in [1.82, 2.24) is 20.1 Å². The van der Waals surface area contributed by atoms with Crippen LogP contribution in [0.5, 0.6) is 5.75 Å². The molecule has 0 aliphatic heterocycles. The summed E-state index contributed by atoms with van der Waals surface area (Å²) in [5, 5.41) is 25.6. The van der Waals surface area contributed by atoms with Crippen molar-refractivity contribution < 1.29 is 19.2 Å². The number of non-ortho nitro benzene ring substituents is 1. The number of thioether (sulfide) groups is 1. The molecular formula is C24H28N6O5S. The average molecular weight is 513 g/mol. The van der Waals surface area contributed by atoms with Gasteiger partial charge in [-0.25, -0.2) is 0 Å². The van der Waals surface area contributed by atoms with Crippen LogP contribution in [0.3, 0.4) is 0 Å². The van der Waals surface area contributed by atoms with E-state index in [9.17, 15) is 19.7 Å². The van der Waals surface area contributed by atoms with Gasteiger partial charge in [-0.05, 0) is 44.0 Å². The number of carbonyl (C=O) groups is 2. The minimum atomic E-state index is -0.508. The molecular weight excluding hydrogens is 484 g/mol. The van der Waals surface area contributed by atoms with Gasteiger partial charge >= 0.3 is 0 Å². The van der Waals surface area contributed by atoms with Crippen LogP contribution in [0.25, 0.3) is 0 Å². The SMILES string of the molecule is CCn1c(SCC(=O)Nc2cc([N+](=O)[O-])ccc2C)nnc1C(C)NC(=O)Cc1ccc(OC)cc1. The topological polar surface area (TPSA) is 141 Å². The second-order valence-electron chi connectivity index (χ2n) is 7.99. The van der Waals surface area contributed by atoms with Crippen LogP contribution in [0, 0.1) is 17.0 Å². The fourth-order valence-corrected chi connectivity index (χ4v) is 4.29. The van der Waals surface area contributed by atoms with Gasteiger partial charge in [-0.1, -0.05) is 30.0 Å². The molecule has 0 saturated heterocycles. The minimum absolute atomic E-state index is 0.0402. The molecule has 36 heavy (non-hydrogen) atoms. The predicted molar refractivity (Wildman–Crippen MR) is 136 cm³/mol. The summed E-state index contributed by atoms with van der Waals surface area (Å²) in [7, 11) is 1.59. The number of nitro benzene ring substituents is 1. The van der Waals surface area contributed by atoms with E-state index in [1.807, 2.05) is 30.5 Å². The lowest BCUT2D eigenvalue weighted by molar-refractivity contribution is -0.384. The number of nitro groups is 1. The molecule has 0 spiro atoms. The highest BCUT2D eigenvalue weighted by Crippen LogP contribution is 2.24. The number of aromatic nitrogens is 3. The Kier molecular flexibility index (Phi) is 9.01. The Morgan fingerprint density at radius 1 is 1.17 bits per heavy atom. The van der Waals surface area contributed by atoms with Crippen LogP contribution in [0.1, 0.15) is 36.8 Å². The van der Waals surface area contributed by atoms with Crippen LogP contribution in [0.15, 0.2) is 47.6 Å². The number of amides is 2. The highest BCUT2D eigenvalue weighted by molar-refractivity contribution is 7.99. The number of aryl methyl sites for hydroxylation is 1. The Labute approximate surface area is 212 Å². The summed E-state index contributed by atoms with van der Waals surface area (Å²) in [5.41, 5.74) is 1.87. The van der Waals surface area contributed by atoms with E-state index in [0.717, 1.165) is 16.9 Å². The van der Waals surface area contributed by atoms with E-state index in [-0.39, 0.29) is 35.7 Å². The molecule has 0 saturated carbocycles. The molecule has 1 aromatic heterocycles. The first-order chi connectivity index (χ1) is 17.2. The summed E-state index contributed by atoms with van der Waals surface area (Å²) in [6.45, 7) is 6.06. The molecule has 0 radical (unpaired) electrons. The van der Waals surface area contributed by atoms with Crippen LogP contribution >= 0.6 is 11.8 Å². The normalized spacial score (nSPS) is 11.6. The molecule has 1 atom stereocenters. The molecule has 2 amide bonds. The summed E-state index contributed by atoms with van der Waals surface area (Å²) >= 11 is 1.20. The van der Waals surface area contributed by atoms with Crippen LogP contribution in [0.2, 0.25) is 0 Å². The van der Waals surface area contributed by atoms with Gasteiger partial charge in [-0.2, -0.15) is 0 Å². The Bertz CT molecular complexity index is 1240. The summed E-state index contributed by atoms with van der Waals surface area (Å²) in [4.78, 5) is 35.5. The largest absolute Gasteiger partial charge is 0.497 e. The lowest BCUT2D eigenvalue weighted by atomic mass is 10.1. The van der Waals surface area contributed by atoms with Crippen molar-refractivity contribution in [2.24, 2.45) is 0 Å². The monoisotopic (exact) mass is 512 g/mol. The van der Waals surface area contributed by atoms with Gasteiger partial charge in [0.1, 0.15) is 5.75 Å². The highest BCUT2D eigenvalue weighted by Gasteiger charge is 2.20. The quantitative estimate of drug-likeness (QED) is 0.225. The molecule has 0 bridgehead atoms. The molecule has 1 heterocycles. The number of benzene rings is 2. The Hall–Kier alpha value is -3.93. The van der Waals surface area contributed by atoms with E-state index in [4.69, 9.17) is 4.74 Å². The standard InChI is InChI=1S/C24H28N6O5S/c1-5-29-23(16(3)25-21(31)12-17-7-10-19(35-4)11-8-17)27-28-24(29)36-14-22(32)26-20-13-18(30(33)34)9-6-15(20)2/h6-11,13,16H,5,12,14H2,1-4H3,(H,25,31)(H,26,32). The lowest BCUT2D eigenvalue weighted by Crippen LogP contribution is -2.30. The van der Waals surface area contributed by atoms with Crippen molar-refractivity contribution in [1.29, 1.82) is 0 Å². The molecule has 3 aromatic rings. The molecule has 1 unspecified atom stereocenters. The Morgan fingerprint density at radius 2 is 1.89 bits per heavy atom. The minimum Gasteiger partial charge on any atom is -0.497 e. The summed E-state index contributed by atoms with van der Waals surface area (Å²) in [6.07, 6.45) is 0.216. The van der Waals surface area contributed by atoms with Crippen molar-refractivity contribution in [2.75, 3.05) is 18.2 Å². The highest BCUT2D eigenvalue weighted by atomic mass is 32.2. The van der Waals surface area contributed by atoms with Crippen molar-refractivity contribution in [2.45, 2.75) is 44.9 Å². The van der Waals surface area contributed by atoms with Gasteiger partial charge in [-0.3, -0.25) is 19.7 Å².